The molecule has 154 valence electrons. The highest BCUT2D eigenvalue weighted by atomic mass is 35.5. The predicted octanol–water partition coefficient (Wildman–Crippen LogP) is 1.67. The third-order valence-corrected chi connectivity index (χ3v) is 4.84. The third kappa shape index (κ3) is 4.62. The van der Waals surface area contributed by atoms with Crippen LogP contribution in [0.2, 0.25) is 5.02 Å². The molecule has 10 heteroatoms. The Kier molecular flexibility index (Phi) is 6.28. The third-order valence-electron chi connectivity index (χ3n) is 4.52. The zero-order valence-corrected chi connectivity index (χ0v) is 16.5. The molecule has 0 spiro atoms. The molecule has 1 aliphatic heterocycles. The number of anilines is 1. The van der Waals surface area contributed by atoms with Crippen LogP contribution in [0, 0.1) is 0 Å². The van der Waals surface area contributed by atoms with Gasteiger partial charge in [0.25, 0.3) is 11.8 Å². The SMILES string of the molecule is COc1cc(N)c(Cl)cc1C(=O)OCC(=O)N1CCN(C(=O)c2ccco2)CC1. The molecule has 0 radical (unpaired) electrons. The number of carbonyl (C=O) groups excluding carboxylic acids is 3. The first kappa shape index (κ1) is 20.5. The van der Waals surface area contributed by atoms with Gasteiger partial charge in [-0.15, -0.1) is 0 Å². The molecule has 2 heterocycles. The maximum atomic E-state index is 12.4. The molecule has 1 aliphatic rings. The van der Waals surface area contributed by atoms with Crippen molar-refractivity contribution in [3.05, 3.63) is 46.9 Å². The topological polar surface area (TPSA) is 115 Å². The van der Waals surface area contributed by atoms with Gasteiger partial charge in [-0.25, -0.2) is 4.79 Å². The molecule has 2 N–H and O–H groups in total. The number of nitrogens with zero attached hydrogens (tertiary/aromatic N) is 2. The lowest BCUT2D eigenvalue weighted by molar-refractivity contribution is -0.136. The number of amides is 2. The van der Waals surface area contributed by atoms with E-state index in [4.69, 9.17) is 31.2 Å². The molecular formula is C19H20ClN3O6. The predicted molar refractivity (Wildman–Crippen MR) is 104 cm³/mol. The summed E-state index contributed by atoms with van der Waals surface area (Å²) >= 11 is 5.95. The van der Waals surface area contributed by atoms with Crippen LogP contribution in [0.4, 0.5) is 5.69 Å². The first-order valence-corrected chi connectivity index (χ1v) is 9.19. The van der Waals surface area contributed by atoms with E-state index in [0.29, 0.717) is 26.2 Å². The lowest BCUT2D eigenvalue weighted by Crippen LogP contribution is -2.51. The Morgan fingerprint density at radius 2 is 1.86 bits per heavy atom. The second-order valence-corrected chi connectivity index (χ2v) is 6.71. The summed E-state index contributed by atoms with van der Waals surface area (Å²) in [6.07, 6.45) is 1.44. The lowest BCUT2D eigenvalue weighted by Gasteiger charge is -2.34. The molecule has 1 saturated heterocycles. The number of nitrogens with two attached hydrogens (primary N) is 1. The fraction of sp³-hybridized carbons (Fsp3) is 0.316. The van der Waals surface area contributed by atoms with Crippen LogP contribution in [0.25, 0.3) is 0 Å². The molecule has 3 rings (SSSR count). The van der Waals surface area contributed by atoms with Gasteiger partial charge in [-0.1, -0.05) is 11.6 Å². The molecule has 29 heavy (non-hydrogen) atoms. The first-order chi connectivity index (χ1) is 13.9. The Balaban J connectivity index is 1.52. The van der Waals surface area contributed by atoms with Gasteiger partial charge in [-0.3, -0.25) is 9.59 Å². The monoisotopic (exact) mass is 421 g/mol. The fourth-order valence-electron chi connectivity index (χ4n) is 2.91. The van der Waals surface area contributed by atoms with E-state index < -0.39 is 12.6 Å². The van der Waals surface area contributed by atoms with E-state index in [-0.39, 0.29) is 39.6 Å². The number of halogens is 1. The molecule has 9 nitrogen and oxygen atoms in total. The van der Waals surface area contributed by atoms with Crippen LogP contribution in [0.5, 0.6) is 5.75 Å². The second-order valence-electron chi connectivity index (χ2n) is 6.30. The number of hydrogen-bond acceptors (Lipinski definition) is 7. The summed E-state index contributed by atoms with van der Waals surface area (Å²) < 4.78 is 15.3. The highest BCUT2D eigenvalue weighted by Crippen LogP contribution is 2.29. The Hall–Kier alpha value is -3.20. The molecular weight excluding hydrogens is 402 g/mol. The van der Waals surface area contributed by atoms with Crippen LogP contribution in [0.3, 0.4) is 0 Å². The molecule has 0 saturated carbocycles. The average molecular weight is 422 g/mol. The molecule has 2 amide bonds. The van der Waals surface area contributed by atoms with Crippen LogP contribution in [-0.4, -0.2) is 67.5 Å². The van der Waals surface area contributed by atoms with Gasteiger partial charge in [0.05, 0.1) is 24.1 Å². The Morgan fingerprint density at radius 3 is 2.48 bits per heavy atom. The van der Waals surface area contributed by atoms with Gasteiger partial charge in [-0.05, 0) is 18.2 Å². The molecule has 2 aromatic rings. The van der Waals surface area contributed by atoms with E-state index in [1.165, 1.54) is 30.4 Å². The van der Waals surface area contributed by atoms with Gasteiger partial charge in [0.15, 0.2) is 12.4 Å². The molecule has 0 atom stereocenters. The number of furan rings is 1. The van der Waals surface area contributed by atoms with Crippen molar-refractivity contribution in [1.29, 1.82) is 0 Å². The fourth-order valence-corrected chi connectivity index (χ4v) is 3.07. The minimum Gasteiger partial charge on any atom is -0.496 e. The quantitative estimate of drug-likeness (QED) is 0.576. The van der Waals surface area contributed by atoms with Gasteiger partial charge < -0.3 is 29.4 Å². The number of methoxy groups -OCH3 is 1. The Labute approximate surface area is 171 Å². The molecule has 1 aromatic carbocycles. The number of carbonyl (C=O) groups is 3. The van der Waals surface area contributed by atoms with E-state index in [0.717, 1.165) is 0 Å². The van der Waals surface area contributed by atoms with Crippen molar-refractivity contribution in [1.82, 2.24) is 9.80 Å². The Bertz CT molecular complexity index is 907. The van der Waals surface area contributed by atoms with Gasteiger partial charge >= 0.3 is 5.97 Å². The lowest BCUT2D eigenvalue weighted by atomic mass is 10.2. The number of esters is 1. The van der Waals surface area contributed by atoms with Crippen molar-refractivity contribution in [2.24, 2.45) is 0 Å². The highest BCUT2D eigenvalue weighted by Gasteiger charge is 2.27. The molecule has 0 bridgehead atoms. The van der Waals surface area contributed by atoms with Crippen molar-refractivity contribution in [3.8, 4) is 5.75 Å². The van der Waals surface area contributed by atoms with Crippen LogP contribution in [-0.2, 0) is 9.53 Å². The van der Waals surface area contributed by atoms with Gasteiger partial charge in [0, 0.05) is 32.2 Å². The van der Waals surface area contributed by atoms with E-state index in [2.05, 4.69) is 0 Å². The van der Waals surface area contributed by atoms with E-state index in [1.807, 2.05) is 0 Å². The molecule has 0 unspecified atom stereocenters. The molecule has 1 aromatic heterocycles. The maximum absolute atomic E-state index is 12.4. The zero-order valence-electron chi connectivity index (χ0n) is 15.7. The summed E-state index contributed by atoms with van der Waals surface area (Å²) in [5.74, 6) is -0.863. The summed E-state index contributed by atoms with van der Waals surface area (Å²) in [6, 6.07) is 5.99. The zero-order chi connectivity index (χ0) is 21.0. The van der Waals surface area contributed by atoms with Crippen molar-refractivity contribution >= 4 is 35.1 Å². The number of benzene rings is 1. The number of hydrogen-bond donors (Lipinski definition) is 1. The van der Waals surface area contributed by atoms with Crippen LogP contribution in [0.1, 0.15) is 20.9 Å². The normalized spacial score (nSPS) is 13.9. The number of nitrogen functional groups attached to an aromatic ring is 1. The van der Waals surface area contributed by atoms with Crippen molar-refractivity contribution in [3.63, 3.8) is 0 Å². The van der Waals surface area contributed by atoms with Gasteiger partial charge in [0.2, 0.25) is 0 Å². The van der Waals surface area contributed by atoms with E-state index in [9.17, 15) is 14.4 Å². The minimum absolute atomic E-state index is 0.0772. The smallest absolute Gasteiger partial charge is 0.342 e. The molecule has 0 aliphatic carbocycles. The summed E-state index contributed by atoms with van der Waals surface area (Å²) in [5.41, 5.74) is 6.03. The standard InChI is InChI=1S/C19H20ClN3O6/c1-27-16-10-14(21)13(20)9-12(16)19(26)29-11-17(24)22-4-6-23(7-5-22)18(25)15-3-2-8-28-15/h2-3,8-10H,4-7,11,21H2,1H3. The van der Waals surface area contributed by atoms with Crippen LogP contribution >= 0.6 is 11.6 Å². The summed E-state index contributed by atoms with van der Waals surface area (Å²) in [6.45, 7) is 0.955. The first-order valence-electron chi connectivity index (χ1n) is 8.81. The molecule has 1 fully saturated rings. The number of rotatable bonds is 5. The Morgan fingerprint density at radius 1 is 1.17 bits per heavy atom. The summed E-state index contributed by atoms with van der Waals surface area (Å²) in [7, 11) is 1.38. The van der Waals surface area contributed by atoms with Gasteiger partial charge in [0.1, 0.15) is 11.3 Å². The number of piperazine rings is 1. The average Bonchev–Trinajstić information content (AvgIpc) is 3.27. The maximum Gasteiger partial charge on any atom is 0.342 e. The number of ether oxygens (including phenoxy) is 2. The van der Waals surface area contributed by atoms with Crippen molar-refractivity contribution in [2.45, 2.75) is 0 Å². The van der Waals surface area contributed by atoms with Gasteiger partial charge in [-0.2, -0.15) is 0 Å². The summed E-state index contributed by atoms with van der Waals surface area (Å²) in [4.78, 5) is 40.1. The summed E-state index contributed by atoms with van der Waals surface area (Å²) in [5, 5.41) is 0.182. The largest absolute Gasteiger partial charge is 0.496 e. The van der Waals surface area contributed by atoms with Crippen LogP contribution < -0.4 is 10.5 Å². The van der Waals surface area contributed by atoms with E-state index >= 15 is 0 Å². The highest BCUT2D eigenvalue weighted by molar-refractivity contribution is 6.33. The van der Waals surface area contributed by atoms with Crippen molar-refractivity contribution in [2.75, 3.05) is 45.6 Å². The van der Waals surface area contributed by atoms with Crippen LogP contribution in [0.15, 0.2) is 34.9 Å². The van der Waals surface area contributed by atoms with E-state index in [1.54, 1.807) is 17.0 Å². The minimum atomic E-state index is -0.747. The van der Waals surface area contributed by atoms with Crippen molar-refractivity contribution < 1.29 is 28.3 Å². The second kappa shape index (κ2) is 8.87.